The van der Waals surface area contributed by atoms with Gasteiger partial charge >= 0.3 is 6.03 Å². The van der Waals surface area contributed by atoms with E-state index in [1.54, 1.807) is 6.07 Å². The molecule has 0 spiro atoms. The van der Waals surface area contributed by atoms with Crippen molar-refractivity contribution in [1.29, 1.82) is 0 Å². The standard InChI is InChI=1S/C26H26N4O7S/c31-22-12-11-21(23(32)29-22)30-24(33)19-10-5-15(13-20(19)25(30)34)14-27-26(35)28-16-6-8-18(9-7-16)38(36,37)17-3-1-2-4-17/h5-10,13,17,21H,1-4,11-12,14H2,(H3-,27,28,29,31,32,35,36,37). The first-order valence-corrected chi connectivity index (χ1v) is 13.9. The van der Waals surface area contributed by atoms with E-state index in [1.165, 1.54) is 36.4 Å². The van der Waals surface area contributed by atoms with Crippen LogP contribution in [0.4, 0.5) is 10.5 Å². The van der Waals surface area contributed by atoms with Gasteiger partial charge in [-0.2, -0.15) is 0 Å². The van der Waals surface area contributed by atoms with Crippen molar-refractivity contribution < 1.29 is 32.7 Å². The fourth-order valence-corrected chi connectivity index (χ4v) is 6.96. The summed E-state index contributed by atoms with van der Waals surface area (Å²) in [5.41, 5.74) is 1.25. The maximum Gasteiger partial charge on any atom is 0.319 e. The summed E-state index contributed by atoms with van der Waals surface area (Å²) in [5, 5.41) is 7.10. The fraction of sp³-hybridized carbons (Fsp3) is 0.346. The minimum Gasteiger partial charge on any atom is -0.610 e. The molecule has 2 aromatic carbocycles. The van der Waals surface area contributed by atoms with Gasteiger partial charge in [-0.05, 0) is 74.1 Å². The maximum absolute atomic E-state index is 12.9. The molecule has 2 aromatic rings. The lowest BCUT2D eigenvalue weighted by atomic mass is 10.0. The van der Waals surface area contributed by atoms with Crippen molar-refractivity contribution in [3.63, 3.8) is 0 Å². The molecule has 2 unspecified atom stereocenters. The summed E-state index contributed by atoms with van der Waals surface area (Å²) < 4.78 is 25.4. The minimum atomic E-state index is -3.38. The summed E-state index contributed by atoms with van der Waals surface area (Å²) in [6.07, 6.45) is 3.27. The molecule has 1 aliphatic carbocycles. The normalized spacial score (nSPS) is 21.2. The molecule has 0 aromatic heterocycles. The molecule has 0 bridgehead atoms. The largest absolute Gasteiger partial charge is 0.610 e. The minimum absolute atomic E-state index is 0.0349. The van der Waals surface area contributed by atoms with Crippen LogP contribution in [0.15, 0.2) is 47.4 Å². The third kappa shape index (κ3) is 4.84. The second-order valence-electron chi connectivity index (χ2n) is 9.61. The predicted molar refractivity (Wildman–Crippen MR) is 135 cm³/mol. The van der Waals surface area contributed by atoms with Crippen LogP contribution in [-0.4, -0.2) is 50.4 Å². The topological polar surface area (TPSA) is 165 Å². The van der Waals surface area contributed by atoms with Crippen LogP contribution in [0.1, 0.15) is 64.8 Å². The zero-order valence-electron chi connectivity index (χ0n) is 20.4. The average molecular weight is 539 g/mol. The van der Waals surface area contributed by atoms with Crippen LogP contribution in [0.3, 0.4) is 0 Å². The van der Waals surface area contributed by atoms with E-state index >= 15 is 0 Å². The van der Waals surface area contributed by atoms with Crippen molar-refractivity contribution in [1.82, 2.24) is 15.5 Å². The van der Waals surface area contributed by atoms with Crippen molar-refractivity contribution in [3.8, 4) is 0 Å². The van der Waals surface area contributed by atoms with Gasteiger partial charge < -0.3 is 15.2 Å². The van der Waals surface area contributed by atoms with E-state index in [9.17, 15) is 32.7 Å². The number of rotatable bonds is 6. The van der Waals surface area contributed by atoms with E-state index in [0.717, 1.165) is 17.7 Å². The molecule has 11 nitrogen and oxygen atoms in total. The number of piperidine rings is 1. The molecule has 3 N–H and O–H groups in total. The van der Waals surface area contributed by atoms with Gasteiger partial charge in [0.05, 0.1) is 21.3 Å². The molecule has 6 amide bonds. The molecule has 0 radical (unpaired) electrons. The van der Waals surface area contributed by atoms with Gasteiger partial charge in [-0.15, -0.1) is 4.21 Å². The van der Waals surface area contributed by atoms with Gasteiger partial charge in [-0.1, -0.05) is 6.07 Å². The molecule has 2 aliphatic heterocycles. The summed E-state index contributed by atoms with van der Waals surface area (Å²) in [5.74, 6) is -2.35. The van der Waals surface area contributed by atoms with Crippen molar-refractivity contribution in [2.45, 2.75) is 61.3 Å². The van der Waals surface area contributed by atoms with E-state index in [4.69, 9.17) is 0 Å². The van der Waals surface area contributed by atoms with Gasteiger partial charge in [-0.25, -0.2) is 4.79 Å². The number of sulfone groups is 1. The number of anilines is 1. The van der Waals surface area contributed by atoms with Crippen LogP contribution in [0.5, 0.6) is 0 Å². The number of imide groups is 2. The molecule has 2 fully saturated rings. The van der Waals surface area contributed by atoms with Crippen molar-refractivity contribution in [2.75, 3.05) is 5.32 Å². The Balaban J connectivity index is 1.19. The number of hydrogen-bond donors (Lipinski definition) is 3. The van der Waals surface area contributed by atoms with E-state index < -0.39 is 45.9 Å². The number of urea groups is 1. The third-order valence-electron chi connectivity index (χ3n) is 7.14. The van der Waals surface area contributed by atoms with E-state index in [-0.39, 0.29) is 40.7 Å². The predicted octanol–water partition coefficient (Wildman–Crippen LogP) is 2.34. The molecule has 2 heterocycles. The lowest BCUT2D eigenvalue weighted by Gasteiger charge is -2.27. The van der Waals surface area contributed by atoms with E-state index in [2.05, 4.69) is 16.0 Å². The zero-order valence-corrected chi connectivity index (χ0v) is 21.2. The maximum atomic E-state index is 12.9. The highest BCUT2D eigenvalue weighted by Gasteiger charge is 2.44. The number of hydrogen-bond acceptors (Lipinski definition) is 7. The summed E-state index contributed by atoms with van der Waals surface area (Å²) in [6.45, 7) is 0.0488. The highest BCUT2D eigenvalue weighted by atomic mass is 32.3. The number of fused-ring (bicyclic) bond motifs is 1. The molecule has 12 heteroatoms. The van der Waals surface area contributed by atoms with Gasteiger partial charge in [0.15, 0.2) is 4.90 Å². The monoisotopic (exact) mass is 538 g/mol. The summed E-state index contributed by atoms with van der Waals surface area (Å²) in [4.78, 5) is 62.9. The molecule has 1 saturated heterocycles. The third-order valence-corrected chi connectivity index (χ3v) is 9.42. The van der Waals surface area contributed by atoms with Crippen molar-refractivity contribution in [3.05, 3.63) is 59.2 Å². The van der Waals surface area contributed by atoms with Gasteiger partial charge in [0.25, 0.3) is 11.8 Å². The Morgan fingerprint density at radius 1 is 0.974 bits per heavy atom. The Hall–Kier alpha value is -3.90. The molecule has 2 atom stereocenters. The zero-order chi connectivity index (χ0) is 27.0. The number of nitrogens with one attached hydrogen (secondary N) is 3. The Morgan fingerprint density at radius 2 is 1.66 bits per heavy atom. The second kappa shape index (κ2) is 10.1. The molecule has 198 valence electrons. The van der Waals surface area contributed by atoms with Gasteiger partial charge in [-0.3, -0.25) is 29.4 Å². The van der Waals surface area contributed by atoms with Gasteiger partial charge in [0, 0.05) is 18.7 Å². The molecular formula is C26H26N4O7S. The first-order valence-electron chi connectivity index (χ1n) is 12.4. The number of nitrogens with zero attached hydrogens (tertiary/aromatic N) is 1. The Kier molecular flexibility index (Phi) is 6.84. The van der Waals surface area contributed by atoms with Gasteiger partial charge in [0.1, 0.15) is 11.3 Å². The molecule has 3 aliphatic rings. The smallest absolute Gasteiger partial charge is 0.319 e. The van der Waals surface area contributed by atoms with Crippen LogP contribution in [-0.2, 0) is 30.6 Å². The number of carbonyl (C=O) groups is 5. The first-order chi connectivity index (χ1) is 18.1. The Morgan fingerprint density at radius 3 is 2.34 bits per heavy atom. The lowest BCUT2D eigenvalue weighted by molar-refractivity contribution is -0.136. The number of carbonyl (C=O) groups excluding carboxylic acids is 5. The van der Waals surface area contributed by atoms with Crippen LogP contribution in [0, 0.1) is 0 Å². The van der Waals surface area contributed by atoms with Crippen molar-refractivity contribution in [2.24, 2.45) is 0 Å². The van der Waals surface area contributed by atoms with Crippen LogP contribution in [0.2, 0.25) is 0 Å². The summed E-state index contributed by atoms with van der Waals surface area (Å²) in [7, 11) is -3.38. The number of amides is 6. The lowest BCUT2D eigenvalue weighted by Crippen LogP contribution is -2.54. The first kappa shape index (κ1) is 25.7. The molecular weight excluding hydrogens is 512 g/mol. The van der Waals surface area contributed by atoms with E-state index in [0.29, 0.717) is 24.1 Å². The van der Waals surface area contributed by atoms with Gasteiger partial charge in [0.2, 0.25) is 11.8 Å². The highest BCUT2D eigenvalue weighted by Crippen LogP contribution is 2.33. The van der Waals surface area contributed by atoms with Crippen LogP contribution in [0.25, 0.3) is 0 Å². The summed E-state index contributed by atoms with van der Waals surface area (Å²) >= 11 is 0. The molecule has 38 heavy (non-hydrogen) atoms. The highest BCUT2D eigenvalue weighted by molar-refractivity contribution is 7.98. The Bertz CT molecular complexity index is 1380. The fourth-order valence-electron chi connectivity index (χ4n) is 5.10. The quantitative estimate of drug-likeness (QED) is 0.375. The molecule has 5 rings (SSSR count). The van der Waals surface area contributed by atoms with Crippen LogP contribution >= 0.6 is 0 Å². The second-order valence-corrected chi connectivity index (χ2v) is 11.8. The average Bonchev–Trinajstić information content (AvgIpc) is 3.52. The number of benzene rings is 2. The van der Waals surface area contributed by atoms with Crippen LogP contribution < -0.4 is 16.0 Å². The summed E-state index contributed by atoms with van der Waals surface area (Å²) in [6, 6.07) is 9.01. The van der Waals surface area contributed by atoms with Crippen molar-refractivity contribution >= 4 is 45.6 Å². The van der Waals surface area contributed by atoms with E-state index in [1.807, 2.05) is 0 Å². The molecule has 1 saturated carbocycles. The SMILES string of the molecule is O=C1CCC(N2C(=O)c3ccc(CNC(=O)Nc4ccc([S+](=O)([O-])C5CCCC5)cc4)cc3C2=O)C(=O)N1. The Labute approximate surface area is 219 Å².